The highest BCUT2D eigenvalue weighted by atomic mass is 35.5. The third-order valence-corrected chi connectivity index (χ3v) is 3.38. The van der Waals surface area contributed by atoms with Gasteiger partial charge in [0.25, 0.3) is 0 Å². The van der Waals surface area contributed by atoms with E-state index in [1.165, 1.54) is 12.1 Å². The van der Waals surface area contributed by atoms with Crippen molar-refractivity contribution in [1.29, 1.82) is 0 Å². The molecule has 0 aliphatic rings. The first-order valence-electron chi connectivity index (χ1n) is 6.22. The van der Waals surface area contributed by atoms with Crippen LogP contribution in [0.3, 0.4) is 0 Å². The zero-order chi connectivity index (χ0) is 14.5. The fourth-order valence-corrected chi connectivity index (χ4v) is 2.03. The average Bonchev–Trinajstić information content (AvgIpc) is 2.42. The minimum Gasteiger partial charge on any atom is -0.457 e. The summed E-state index contributed by atoms with van der Waals surface area (Å²) in [4.78, 5) is 0. The topological polar surface area (TPSA) is 21.3 Å². The number of halogens is 3. The molecule has 1 N–H and O–H groups in total. The number of hydrogen-bond acceptors (Lipinski definition) is 2. The van der Waals surface area contributed by atoms with Gasteiger partial charge in [0.1, 0.15) is 17.3 Å². The van der Waals surface area contributed by atoms with E-state index in [0.717, 1.165) is 12.1 Å². The van der Waals surface area contributed by atoms with Crippen molar-refractivity contribution in [3.8, 4) is 11.5 Å². The van der Waals surface area contributed by atoms with Crippen molar-refractivity contribution in [1.82, 2.24) is 5.32 Å². The van der Waals surface area contributed by atoms with Crippen LogP contribution in [0.4, 0.5) is 4.39 Å². The van der Waals surface area contributed by atoms with Crippen LogP contribution >= 0.6 is 23.2 Å². The second-order valence-corrected chi connectivity index (χ2v) is 5.03. The summed E-state index contributed by atoms with van der Waals surface area (Å²) in [5.41, 5.74) is 0.989. The van der Waals surface area contributed by atoms with Gasteiger partial charge in [0, 0.05) is 17.6 Å². The van der Waals surface area contributed by atoms with Crippen LogP contribution in [0, 0.1) is 5.82 Å². The fraction of sp³-hybridized carbons (Fsp3) is 0.200. The van der Waals surface area contributed by atoms with Crippen LogP contribution in [-0.4, -0.2) is 6.54 Å². The maximum atomic E-state index is 13.3. The molecule has 0 aliphatic heterocycles. The Hall–Kier alpha value is -1.29. The van der Waals surface area contributed by atoms with Gasteiger partial charge in [0.05, 0.1) is 5.02 Å². The van der Waals surface area contributed by atoms with E-state index in [-0.39, 0.29) is 5.02 Å². The van der Waals surface area contributed by atoms with Gasteiger partial charge in [-0.15, -0.1) is 0 Å². The van der Waals surface area contributed by atoms with Crippen molar-refractivity contribution >= 4 is 23.2 Å². The van der Waals surface area contributed by atoms with Gasteiger partial charge in [-0.25, -0.2) is 4.39 Å². The minimum atomic E-state index is -0.515. The van der Waals surface area contributed by atoms with Crippen LogP contribution in [0.15, 0.2) is 36.4 Å². The van der Waals surface area contributed by atoms with E-state index in [2.05, 4.69) is 5.32 Å². The molecule has 0 atom stereocenters. The molecular weight excluding hydrogens is 300 g/mol. The van der Waals surface area contributed by atoms with Crippen molar-refractivity contribution in [2.45, 2.75) is 13.5 Å². The highest BCUT2D eigenvalue weighted by Crippen LogP contribution is 2.28. The van der Waals surface area contributed by atoms with Gasteiger partial charge in [-0.3, -0.25) is 0 Å². The lowest BCUT2D eigenvalue weighted by Gasteiger charge is -2.09. The molecule has 0 aromatic heterocycles. The maximum Gasteiger partial charge on any atom is 0.145 e. The van der Waals surface area contributed by atoms with E-state index in [1.807, 2.05) is 13.0 Å². The number of rotatable bonds is 5. The molecule has 0 spiro atoms. The molecule has 2 aromatic rings. The fourth-order valence-electron chi connectivity index (χ4n) is 1.67. The summed E-state index contributed by atoms with van der Waals surface area (Å²) in [6.45, 7) is 3.60. The number of nitrogens with one attached hydrogen (secondary N) is 1. The summed E-state index contributed by atoms with van der Waals surface area (Å²) in [7, 11) is 0. The van der Waals surface area contributed by atoms with Crippen molar-refractivity contribution < 1.29 is 9.13 Å². The van der Waals surface area contributed by atoms with Gasteiger partial charge in [0.15, 0.2) is 0 Å². The zero-order valence-electron chi connectivity index (χ0n) is 10.9. The third-order valence-electron chi connectivity index (χ3n) is 2.72. The quantitative estimate of drug-likeness (QED) is 0.835. The Morgan fingerprint density at radius 2 is 1.75 bits per heavy atom. The Bertz CT molecular complexity index is 604. The monoisotopic (exact) mass is 313 g/mol. The van der Waals surface area contributed by atoms with Crippen molar-refractivity contribution in [3.05, 3.63) is 57.8 Å². The SMILES string of the molecule is CCNCc1ccc(Oc2ccc(Cl)c(F)c2)cc1Cl. The summed E-state index contributed by atoms with van der Waals surface area (Å²) in [6.07, 6.45) is 0. The highest BCUT2D eigenvalue weighted by Gasteiger charge is 2.06. The lowest BCUT2D eigenvalue weighted by Crippen LogP contribution is -2.11. The number of ether oxygens (including phenoxy) is 1. The molecule has 5 heteroatoms. The second-order valence-electron chi connectivity index (χ2n) is 4.21. The first kappa shape index (κ1) is 15.1. The van der Waals surface area contributed by atoms with E-state index < -0.39 is 5.82 Å². The van der Waals surface area contributed by atoms with Crippen molar-refractivity contribution in [3.63, 3.8) is 0 Å². The molecule has 0 unspecified atom stereocenters. The van der Waals surface area contributed by atoms with E-state index in [4.69, 9.17) is 27.9 Å². The van der Waals surface area contributed by atoms with Gasteiger partial charge >= 0.3 is 0 Å². The molecule has 0 radical (unpaired) electrons. The average molecular weight is 314 g/mol. The first-order valence-corrected chi connectivity index (χ1v) is 6.97. The molecule has 0 heterocycles. The van der Waals surface area contributed by atoms with E-state index in [0.29, 0.717) is 23.1 Å². The summed E-state index contributed by atoms with van der Waals surface area (Å²) in [5, 5.41) is 3.87. The van der Waals surface area contributed by atoms with E-state index >= 15 is 0 Å². The third kappa shape index (κ3) is 3.85. The zero-order valence-corrected chi connectivity index (χ0v) is 12.4. The van der Waals surface area contributed by atoms with Gasteiger partial charge in [0.2, 0.25) is 0 Å². The largest absolute Gasteiger partial charge is 0.457 e. The van der Waals surface area contributed by atoms with Crippen LogP contribution in [0.25, 0.3) is 0 Å². The molecule has 0 fully saturated rings. The second kappa shape index (κ2) is 6.93. The predicted octanol–water partition coefficient (Wildman–Crippen LogP) is 5.03. The number of hydrogen-bond donors (Lipinski definition) is 1. The standard InChI is InChI=1S/C15H14Cl2FNO/c1-2-19-9-10-3-4-11(7-14(10)17)20-12-5-6-13(16)15(18)8-12/h3-8,19H,2,9H2,1H3. The van der Waals surface area contributed by atoms with Crippen LogP contribution in [0.2, 0.25) is 10.0 Å². The highest BCUT2D eigenvalue weighted by molar-refractivity contribution is 6.31. The molecule has 0 amide bonds. The molecule has 2 rings (SSSR count). The summed E-state index contributed by atoms with van der Waals surface area (Å²) < 4.78 is 18.9. The Balaban J connectivity index is 2.13. The van der Waals surface area contributed by atoms with E-state index in [9.17, 15) is 4.39 Å². The van der Waals surface area contributed by atoms with Gasteiger partial charge in [-0.2, -0.15) is 0 Å². The summed E-state index contributed by atoms with van der Waals surface area (Å²) in [5.74, 6) is 0.415. The van der Waals surface area contributed by atoms with E-state index in [1.54, 1.807) is 18.2 Å². The van der Waals surface area contributed by atoms with Crippen LogP contribution in [0.5, 0.6) is 11.5 Å². The van der Waals surface area contributed by atoms with Crippen LogP contribution < -0.4 is 10.1 Å². The van der Waals surface area contributed by atoms with Crippen LogP contribution in [0.1, 0.15) is 12.5 Å². The maximum absolute atomic E-state index is 13.3. The van der Waals surface area contributed by atoms with Gasteiger partial charge in [-0.05, 0) is 36.4 Å². The van der Waals surface area contributed by atoms with Crippen molar-refractivity contribution in [2.24, 2.45) is 0 Å². The van der Waals surface area contributed by atoms with Gasteiger partial charge < -0.3 is 10.1 Å². The summed E-state index contributed by atoms with van der Waals surface area (Å²) >= 11 is 11.8. The lowest BCUT2D eigenvalue weighted by atomic mass is 10.2. The molecule has 20 heavy (non-hydrogen) atoms. The van der Waals surface area contributed by atoms with Crippen molar-refractivity contribution in [2.75, 3.05) is 6.54 Å². The first-order chi connectivity index (χ1) is 9.60. The predicted molar refractivity (Wildman–Crippen MR) is 80.3 cm³/mol. The normalized spacial score (nSPS) is 10.6. The molecule has 2 aromatic carbocycles. The summed E-state index contributed by atoms with van der Waals surface area (Å²) in [6, 6.07) is 9.68. The molecule has 106 valence electrons. The van der Waals surface area contributed by atoms with Crippen LogP contribution in [-0.2, 0) is 6.54 Å². The number of benzene rings is 2. The Morgan fingerprint density at radius 1 is 1.05 bits per heavy atom. The smallest absolute Gasteiger partial charge is 0.145 e. The minimum absolute atomic E-state index is 0.0661. The molecule has 0 saturated carbocycles. The van der Waals surface area contributed by atoms with Gasteiger partial charge in [-0.1, -0.05) is 36.2 Å². The molecule has 0 aliphatic carbocycles. The molecule has 0 saturated heterocycles. The Labute approximate surface area is 127 Å². The molecular formula is C15H14Cl2FNO. The Morgan fingerprint density at radius 3 is 2.40 bits per heavy atom. The lowest BCUT2D eigenvalue weighted by molar-refractivity contribution is 0.476. The molecule has 2 nitrogen and oxygen atoms in total. The molecule has 0 bridgehead atoms. The Kier molecular flexibility index (Phi) is 5.24.